The van der Waals surface area contributed by atoms with Gasteiger partial charge in [0.2, 0.25) is 0 Å². The number of hydrogen-bond donors (Lipinski definition) is 0. The van der Waals surface area contributed by atoms with Crippen LogP contribution in [-0.2, 0) is 0 Å². The van der Waals surface area contributed by atoms with Gasteiger partial charge in [-0.15, -0.1) is 0 Å². The fourth-order valence-electron chi connectivity index (χ4n) is 2.34. The Bertz CT molecular complexity index is 839. The van der Waals surface area contributed by atoms with Crippen LogP contribution in [0, 0.1) is 6.92 Å². The van der Waals surface area contributed by atoms with Crippen molar-refractivity contribution in [1.29, 1.82) is 0 Å². The zero-order chi connectivity index (χ0) is 14.8. The van der Waals surface area contributed by atoms with Crippen molar-refractivity contribution in [3.8, 4) is 17.0 Å². The second kappa shape index (κ2) is 5.40. The third-order valence-electron chi connectivity index (χ3n) is 3.39. The summed E-state index contributed by atoms with van der Waals surface area (Å²) in [7, 11) is 0. The predicted molar refractivity (Wildman–Crippen MR) is 82.8 cm³/mol. The molecule has 0 amide bonds. The Morgan fingerprint density at radius 1 is 1.19 bits per heavy atom. The summed E-state index contributed by atoms with van der Waals surface area (Å²) in [6.07, 6.45) is 1.71. The highest BCUT2D eigenvalue weighted by Gasteiger charge is 2.11. The molecule has 0 N–H and O–H groups in total. The van der Waals surface area contributed by atoms with E-state index in [0.29, 0.717) is 29.3 Å². The Kier molecular flexibility index (Phi) is 3.44. The summed E-state index contributed by atoms with van der Waals surface area (Å²) in [4.78, 5) is 17.1. The maximum atomic E-state index is 12.5. The van der Waals surface area contributed by atoms with Crippen LogP contribution in [0.2, 0.25) is 0 Å². The van der Waals surface area contributed by atoms with Crippen molar-refractivity contribution in [3.63, 3.8) is 0 Å². The number of nitrogens with zero attached hydrogens (tertiary/aromatic N) is 2. The first-order valence-electron chi connectivity index (χ1n) is 6.92. The van der Waals surface area contributed by atoms with Gasteiger partial charge in [-0.2, -0.15) is 0 Å². The molecule has 3 rings (SSSR count). The predicted octanol–water partition coefficient (Wildman–Crippen LogP) is 3.07. The summed E-state index contributed by atoms with van der Waals surface area (Å²) in [5.41, 5.74) is 2.84. The third kappa shape index (κ3) is 2.40. The summed E-state index contributed by atoms with van der Waals surface area (Å²) < 4.78 is 7.02. The number of benzene rings is 1. The molecule has 1 aromatic carbocycles. The van der Waals surface area contributed by atoms with Gasteiger partial charge in [0.1, 0.15) is 11.4 Å². The molecule has 0 aliphatic heterocycles. The lowest BCUT2D eigenvalue weighted by Crippen LogP contribution is -2.18. The minimum atomic E-state index is -0.0538. The molecular weight excluding hydrogens is 264 g/mol. The fourth-order valence-corrected chi connectivity index (χ4v) is 2.34. The molecule has 0 saturated heterocycles. The van der Waals surface area contributed by atoms with E-state index in [-0.39, 0.29) is 5.56 Å². The Morgan fingerprint density at radius 2 is 1.95 bits per heavy atom. The van der Waals surface area contributed by atoms with Gasteiger partial charge >= 0.3 is 0 Å². The van der Waals surface area contributed by atoms with Gasteiger partial charge in [0.15, 0.2) is 0 Å². The number of fused-ring (bicyclic) bond motifs is 1. The third-order valence-corrected chi connectivity index (χ3v) is 3.39. The number of pyridine rings is 1. The van der Waals surface area contributed by atoms with Crippen molar-refractivity contribution in [2.24, 2.45) is 0 Å². The van der Waals surface area contributed by atoms with Crippen LogP contribution in [0.25, 0.3) is 16.9 Å². The van der Waals surface area contributed by atoms with E-state index in [1.165, 1.54) is 0 Å². The molecule has 2 heterocycles. The van der Waals surface area contributed by atoms with Crippen molar-refractivity contribution < 1.29 is 4.74 Å². The van der Waals surface area contributed by atoms with Crippen LogP contribution in [0.3, 0.4) is 0 Å². The van der Waals surface area contributed by atoms with E-state index in [1.807, 2.05) is 37.3 Å². The zero-order valence-corrected chi connectivity index (χ0v) is 12.0. The molecule has 4 nitrogen and oxygen atoms in total. The van der Waals surface area contributed by atoms with Crippen molar-refractivity contribution in [3.05, 3.63) is 64.6 Å². The summed E-state index contributed by atoms with van der Waals surface area (Å²) in [6, 6.07) is 13.3. The molecule has 0 spiro atoms. The van der Waals surface area contributed by atoms with Crippen molar-refractivity contribution in [2.75, 3.05) is 6.61 Å². The average molecular weight is 280 g/mol. The Labute approximate surface area is 122 Å². The first kappa shape index (κ1) is 13.4. The lowest BCUT2D eigenvalue weighted by molar-refractivity contribution is 0.340. The van der Waals surface area contributed by atoms with Gasteiger partial charge in [0, 0.05) is 23.4 Å². The van der Waals surface area contributed by atoms with E-state index in [4.69, 9.17) is 4.74 Å². The van der Waals surface area contributed by atoms with Gasteiger partial charge in [-0.3, -0.25) is 9.20 Å². The molecular formula is C17H16N2O2. The number of rotatable bonds is 3. The summed E-state index contributed by atoms with van der Waals surface area (Å²) in [6.45, 7) is 4.31. The van der Waals surface area contributed by atoms with Gasteiger partial charge < -0.3 is 4.74 Å². The summed E-state index contributed by atoms with van der Waals surface area (Å²) in [5.74, 6) is 0.715. The first-order chi connectivity index (χ1) is 10.2. The summed E-state index contributed by atoms with van der Waals surface area (Å²) in [5, 5.41) is 0. The minimum Gasteiger partial charge on any atom is -0.494 e. The van der Waals surface area contributed by atoms with Gasteiger partial charge in [-0.1, -0.05) is 30.3 Å². The fraction of sp³-hybridized carbons (Fsp3) is 0.176. The molecule has 0 atom stereocenters. The van der Waals surface area contributed by atoms with Crippen molar-refractivity contribution >= 4 is 5.65 Å². The molecule has 0 aliphatic rings. The molecule has 4 heteroatoms. The number of aromatic nitrogens is 2. The van der Waals surface area contributed by atoms with E-state index >= 15 is 0 Å². The molecule has 106 valence electrons. The number of ether oxygens (including phenoxy) is 1. The Balaban J connectivity index is 2.26. The molecule has 0 aliphatic carbocycles. The normalized spacial score (nSPS) is 10.8. The van der Waals surface area contributed by atoms with E-state index in [0.717, 1.165) is 5.56 Å². The number of hydrogen-bond acceptors (Lipinski definition) is 3. The SMILES string of the molecule is CCOc1ccn2c(=O)c(C)c(-c3ccccc3)nc2c1. The molecule has 0 radical (unpaired) electrons. The van der Waals surface area contributed by atoms with E-state index < -0.39 is 0 Å². The molecule has 2 aromatic heterocycles. The topological polar surface area (TPSA) is 43.6 Å². The van der Waals surface area contributed by atoms with Crippen molar-refractivity contribution in [2.45, 2.75) is 13.8 Å². The summed E-state index contributed by atoms with van der Waals surface area (Å²) >= 11 is 0. The van der Waals surface area contributed by atoms with Gasteiger partial charge in [-0.25, -0.2) is 4.98 Å². The van der Waals surface area contributed by atoms with Crippen LogP contribution in [0.4, 0.5) is 0 Å². The smallest absolute Gasteiger partial charge is 0.261 e. The van der Waals surface area contributed by atoms with Crippen LogP contribution in [0.5, 0.6) is 5.75 Å². The van der Waals surface area contributed by atoms with Gasteiger partial charge in [0.05, 0.1) is 12.3 Å². The highest BCUT2D eigenvalue weighted by molar-refractivity contribution is 5.65. The lowest BCUT2D eigenvalue weighted by Gasteiger charge is -2.09. The van der Waals surface area contributed by atoms with E-state index in [9.17, 15) is 4.79 Å². The molecule has 0 saturated carbocycles. The average Bonchev–Trinajstić information content (AvgIpc) is 2.52. The standard InChI is InChI=1S/C17H16N2O2/c1-3-21-14-9-10-19-15(11-14)18-16(12(2)17(19)20)13-7-5-4-6-8-13/h4-11H,3H2,1-2H3. The Hall–Kier alpha value is -2.62. The second-order valence-electron chi connectivity index (χ2n) is 4.78. The highest BCUT2D eigenvalue weighted by Crippen LogP contribution is 2.20. The largest absolute Gasteiger partial charge is 0.494 e. The molecule has 21 heavy (non-hydrogen) atoms. The van der Waals surface area contributed by atoms with Crippen LogP contribution in [-0.4, -0.2) is 16.0 Å². The van der Waals surface area contributed by atoms with Gasteiger partial charge in [0.25, 0.3) is 5.56 Å². The van der Waals surface area contributed by atoms with Crippen LogP contribution in [0.1, 0.15) is 12.5 Å². The monoisotopic (exact) mass is 280 g/mol. The Morgan fingerprint density at radius 3 is 2.67 bits per heavy atom. The van der Waals surface area contributed by atoms with E-state index in [2.05, 4.69) is 4.98 Å². The maximum Gasteiger partial charge on any atom is 0.261 e. The maximum absolute atomic E-state index is 12.5. The second-order valence-corrected chi connectivity index (χ2v) is 4.78. The van der Waals surface area contributed by atoms with Crippen molar-refractivity contribution in [1.82, 2.24) is 9.38 Å². The van der Waals surface area contributed by atoms with Crippen LogP contribution in [0.15, 0.2) is 53.5 Å². The zero-order valence-electron chi connectivity index (χ0n) is 12.0. The van der Waals surface area contributed by atoms with E-state index in [1.54, 1.807) is 29.7 Å². The lowest BCUT2D eigenvalue weighted by atomic mass is 10.1. The molecule has 3 aromatic rings. The van der Waals surface area contributed by atoms with Crippen LogP contribution < -0.4 is 10.3 Å². The highest BCUT2D eigenvalue weighted by atomic mass is 16.5. The quantitative estimate of drug-likeness (QED) is 0.740. The molecule has 0 bridgehead atoms. The first-order valence-corrected chi connectivity index (χ1v) is 6.92. The minimum absolute atomic E-state index is 0.0538. The van der Waals surface area contributed by atoms with Crippen LogP contribution >= 0.6 is 0 Å². The van der Waals surface area contributed by atoms with Gasteiger partial charge in [-0.05, 0) is 19.9 Å². The molecule has 0 unspecified atom stereocenters. The molecule has 0 fully saturated rings.